The molecule has 28 heavy (non-hydrogen) atoms. The number of hydrogen-bond acceptors (Lipinski definition) is 2. The molecule has 0 aromatic carbocycles. The summed E-state index contributed by atoms with van der Waals surface area (Å²) in [6.07, 6.45) is 30.6. The van der Waals surface area contributed by atoms with Gasteiger partial charge in [0.1, 0.15) is 6.17 Å². The third-order valence-electron chi connectivity index (χ3n) is 6.32. The molecule has 1 aliphatic heterocycles. The van der Waals surface area contributed by atoms with Gasteiger partial charge in [-0.15, -0.1) is 0 Å². The molecule has 1 rings (SSSR count). The minimum Gasteiger partial charge on any atom is -0.356 e. The predicted molar refractivity (Wildman–Crippen MR) is 126 cm³/mol. The summed E-state index contributed by atoms with van der Waals surface area (Å²) >= 11 is 0. The Morgan fingerprint density at radius 1 is 0.464 bits per heavy atom. The standard InChI is InChI=1S/C26H52N2/c1-4-7-10-12-14-15-16-18-21-26-27(22-19-9-6-3)24-25-28(26)23-20-17-13-11-8-5-2/h24-26H,4-23H2,1-3H3. The first-order chi connectivity index (χ1) is 13.8. The summed E-state index contributed by atoms with van der Waals surface area (Å²) in [5.41, 5.74) is 0. The zero-order valence-corrected chi connectivity index (χ0v) is 19.8. The summed E-state index contributed by atoms with van der Waals surface area (Å²) < 4.78 is 0. The molecule has 0 aliphatic carbocycles. The smallest absolute Gasteiger partial charge is 0.101 e. The summed E-state index contributed by atoms with van der Waals surface area (Å²) in [6.45, 7) is 9.42. The maximum atomic E-state index is 2.66. The molecule has 1 atom stereocenters. The van der Waals surface area contributed by atoms with Crippen molar-refractivity contribution in [3.05, 3.63) is 12.4 Å². The lowest BCUT2D eigenvalue weighted by Gasteiger charge is -2.33. The van der Waals surface area contributed by atoms with Gasteiger partial charge in [-0.05, 0) is 25.7 Å². The summed E-state index contributed by atoms with van der Waals surface area (Å²) in [7, 11) is 0. The molecular formula is C26H52N2. The van der Waals surface area contributed by atoms with Crippen LogP contribution in [0.1, 0.15) is 136 Å². The van der Waals surface area contributed by atoms with Crippen LogP contribution >= 0.6 is 0 Å². The first-order valence-corrected chi connectivity index (χ1v) is 13.0. The molecule has 0 bridgehead atoms. The van der Waals surface area contributed by atoms with Crippen LogP contribution in [0.2, 0.25) is 0 Å². The molecule has 1 heterocycles. The largest absolute Gasteiger partial charge is 0.356 e. The van der Waals surface area contributed by atoms with Gasteiger partial charge < -0.3 is 9.80 Å². The Bertz CT molecular complexity index is 352. The first kappa shape index (κ1) is 25.4. The van der Waals surface area contributed by atoms with E-state index in [1.165, 1.54) is 129 Å². The fourth-order valence-electron chi connectivity index (χ4n) is 4.42. The van der Waals surface area contributed by atoms with Gasteiger partial charge in [-0.2, -0.15) is 0 Å². The minimum absolute atomic E-state index is 0.646. The highest BCUT2D eigenvalue weighted by Gasteiger charge is 2.24. The van der Waals surface area contributed by atoms with Crippen molar-refractivity contribution in [1.82, 2.24) is 9.80 Å². The van der Waals surface area contributed by atoms with Crippen LogP contribution in [0.4, 0.5) is 0 Å². The Morgan fingerprint density at radius 2 is 0.821 bits per heavy atom. The Morgan fingerprint density at radius 3 is 1.32 bits per heavy atom. The molecule has 166 valence electrons. The maximum absolute atomic E-state index is 2.66. The van der Waals surface area contributed by atoms with Crippen molar-refractivity contribution < 1.29 is 0 Å². The highest BCUT2D eigenvalue weighted by atomic mass is 15.4. The van der Waals surface area contributed by atoms with Crippen LogP contribution < -0.4 is 0 Å². The third-order valence-corrected chi connectivity index (χ3v) is 6.32. The summed E-state index contributed by atoms with van der Waals surface area (Å²) in [5.74, 6) is 0. The van der Waals surface area contributed by atoms with E-state index in [9.17, 15) is 0 Å². The third kappa shape index (κ3) is 12.0. The summed E-state index contributed by atoms with van der Waals surface area (Å²) in [6, 6.07) is 0. The number of rotatable bonds is 20. The number of nitrogens with zero attached hydrogens (tertiary/aromatic N) is 2. The van der Waals surface area contributed by atoms with Crippen molar-refractivity contribution in [1.29, 1.82) is 0 Å². The van der Waals surface area contributed by atoms with E-state index in [0.29, 0.717) is 6.17 Å². The minimum atomic E-state index is 0.646. The Labute approximate surface area is 178 Å². The van der Waals surface area contributed by atoms with E-state index < -0.39 is 0 Å². The van der Waals surface area contributed by atoms with Gasteiger partial charge in [-0.25, -0.2) is 0 Å². The van der Waals surface area contributed by atoms with E-state index in [-0.39, 0.29) is 0 Å². The quantitative estimate of drug-likeness (QED) is 0.192. The SMILES string of the molecule is CCCCCCCCCCC1N(CCCCC)C=CN1CCCCCCCC. The molecule has 0 radical (unpaired) electrons. The molecule has 2 nitrogen and oxygen atoms in total. The van der Waals surface area contributed by atoms with E-state index in [0.717, 1.165) is 0 Å². The van der Waals surface area contributed by atoms with Crippen molar-refractivity contribution in [2.75, 3.05) is 13.1 Å². The molecule has 0 aromatic rings. The van der Waals surface area contributed by atoms with Crippen LogP contribution in [0.15, 0.2) is 12.4 Å². The van der Waals surface area contributed by atoms with Gasteiger partial charge >= 0.3 is 0 Å². The maximum Gasteiger partial charge on any atom is 0.101 e. The highest BCUT2D eigenvalue weighted by molar-refractivity contribution is 4.96. The van der Waals surface area contributed by atoms with Crippen molar-refractivity contribution in [3.8, 4) is 0 Å². The molecule has 0 fully saturated rings. The lowest BCUT2D eigenvalue weighted by Crippen LogP contribution is -2.39. The molecule has 0 saturated heterocycles. The van der Waals surface area contributed by atoms with Crippen molar-refractivity contribution in [2.45, 2.75) is 143 Å². The first-order valence-electron chi connectivity index (χ1n) is 13.0. The van der Waals surface area contributed by atoms with E-state index in [4.69, 9.17) is 0 Å². The molecule has 1 aliphatic rings. The average Bonchev–Trinajstić information content (AvgIpc) is 3.08. The predicted octanol–water partition coefficient (Wildman–Crippen LogP) is 8.48. The van der Waals surface area contributed by atoms with Gasteiger partial charge in [-0.1, -0.05) is 111 Å². The number of hydrogen-bond donors (Lipinski definition) is 0. The molecule has 0 spiro atoms. The van der Waals surface area contributed by atoms with Crippen LogP contribution in [0.25, 0.3) is 0 Å². The van der Waals surface area contributed by atoms with Crippen LogP contribution in [-0.2, 0) is 0 Å². The second kappa shape index (κ2) is 18.4. The molecule has 0 saturated carbocycles. The Balaban J connectivity index is 2.26. The summed E-state index contributed by atoms with van der Waals surface area (Å²) in [5, 5.41) is 0. The normalized spacial score (nSPS) is 16.5. The van der Waals surface area contributed by atoms with E-state index in [2.05, 4.69) is 43.0 Å². The number of unbranched alkanes of at least 4 members (excludes halogenated alkanes) is 14. The second-order valence-corrected chi connectivity index (χ2v) is 8.99. The average molecular weight is 393 g/mol. The second-order valence-electron chi connectivity index (χ2n) is 8.99. The van der Waals surface area contributed by atoms with Crippen molar-refractivity contribution >= 4 is 0 Å². The molecule has 2 heteroatoms. The molecule has 0 N–H and O–H groups in total. The van der Waals surface area contributed by atoms with Crippen molar-refractivity contribution in [3.63, 3.8) is 0 Å². The van der Waals surface area contributed by atoms with Crippen LogP contribution in [-0.4, -0.2) is 29.1 Å². The fourth-order valence-corrected chi connectivity index (χ4v) is 4.42. The highest BCUT2D eigenvalue weighted by Crippen LogP contribution is 2.23. The zero-order chi connectivity index (χ0) is 20.3. The molecule has 0 aromatic heterocycles. The summed E-state index contributed by atoms with van der Waals surface area (Å²) in [4.78, 5) is 5.31. The van der Waals surface area contributed by atoms with Gasteiger partial charge in [0, 0.05) is 25.5 Å². The topological polar surface area (TPSA) is 6.48 Å². The van der Waals surface area contributed by atoms with Gasteiger partial charge in [-0.3, -0.25) is 0 Å². The van der Waals surface area contributed by atoms with Gasteiger partial charge in [0.05, 0.1) is 0 Å². The van der Waals surface area contributed by atoms with E-state index in [1.54, 1.807) is 0 Å². The Hall–Kier alpha value is -0.660. The van der Waals surface area contributed by atoms with Gasteiger partial charge in [0.25, 0.3) is 0 Å². The molecular weight excluding hydrogens is 340 g/mol. The van der Waals surface area contributed by atoms with E-state index in [1.807, 2.05) is 0 Å². The van der Waals surface area contributed by atoms with Gasteiger partial charge in [0.2, 0.25) is 0 Å². The van der Waals surface area contributed by atoms with Gasteiger partial charge in [0.15, 0.2) is 0 Å². The molecule has 0 amide bonds. The van der Waals surface area contributed by atoms with Crippen LogP contribution in [0.3, 0.4) is 0 Å². The fraction of sp³-hybridized carbons (Fsp3) is 0.923. The Kier molecular flexibility index (Phi) is 16.7. The van der Waals surface area contributed by atoms with E-state index >= 15 is 0 Å². The molecule has 1 unspecified atom stereocenters. The monoisotopic (exact) mass is 392 g/mol. The van der Waals surface area contributed by atoms with Crippen LogP contribution in [0, 0.1) is 0 Å². The lowest BCUT2D eigenvalue weighted by atomic mass is 10.1. The zero-order valence-electron chi connectivity index (χ0n) is 19.8. The lowest BCUT2D eigenvalue weighted by molar-refractivity contribution is 0.135. The van der Waals surface area contributed by atoms with Crippen LogP contribution in [0.5, 0.6) is 0 Å². The van der Waals surface area contributed by atoms with Crippen molar-refractivity contribution in [2.24, 2.45) is 0 Å².